The van der Waals surface area contributed by atoms with Crippen molar-refractivity contribution >= 4 is 14.5 Å². The largest absolute Gasteiger partial charge is 0.411 e. The lowest BCUT2D eigenvalue weighted by Crippen LogP contribution is -2.42. The summed E-state index contributed by atoms with van der Waals surface area (Å²) in [5.74, 6) is 0.548. The van der Waals surface area contributed by atoms with Crippen molar-refractivity contribution in [2.45, 2.75) is 75.8 Å². The molecule has 0 aromatic heterocycles. The van der Waals surface area contributed by atoms with Crippen LogP contribution in [0.3, 0.4) is 0 Å². The SMILES string of the molecule is C=C[SiH](C)C1(C(=NO)C2CCCCC2)CCCCC1. The molecule has 0 amide bonds. The molecule has 0 aromatic carbocycles. The second-order valence-corrected chi connectivity index (χ2v) is 9.72. The van der Waals surface area contributed by atoms with Gasteiger partial charge in [-0.3, -0.25) is 0 Å². The van der Waals surface area contributed by atoms with E-state index in [9.17, 15) is 5.21 Å². The van der Waals surface area contributed by atoms with E-state index < -0.39 is 8.80 Å². The molecule has 1 unspecified atom stereocenters. The Morgan fingerprint density at radius 2 is 1.74 bits per heavy atom. The molecule has 0 bridgehead atoms. The van der Waals surface area contributed by atoms with Gasteiger partial charge in [0.1, 0.15) is 0 Å². The van der Waals surface area contributed by atoms with Gasteiger partial charge in [0, 0.05) is 11.0 Å². The van der Waals surface area contributed by atoms with E-state index >= 15 is 0 Å². The van der Waals surface area contributed by atoms with Crippen LogP contribution in [-0.2, 0) is 0 Å². The minimum Gasteiger partial charge on any atom is -0.411 e. The van der Waals surface area contributed by atoms with Crippen LogP contribution in [0.4, 0.5) is 0 Å². The molecule has 0 spiro atoms. The maximum atomic E-state index is 9.72. The zero-order chi connectivity index (χ0) is 13.7. The molecule has 2 fully saturated rings. The highest BCUT2D eigenvalue weighted by molar-refractivity contribution is 6.70. The average Bonchev–Trinajstić information content (AvgIpc) is 2.49. The lowest BCUT2D eigenvalue weighted by molar-refractivity contribution is 0.297. The van der Waals surface area contributed by atoms with Gasteiger partial charge < -0.3 is 5.21 Å². The molecule has 1 atom stereocenters. The van der Waals surface area contributed by atoms with Gasteiger partial charge in [0.2, 0.25) is 0 Å². The third-order valence-corrected chi connectivity index (χ3v) is 8.90. The van der Waals surface area contributed by atoms with E-state index in [1.54, 1.807) is 0 Å². The summed E-state index contributed by atoms with van der Waals surface area (Å²) in [6, 6.07) is 0. The van der Waals surface area contributed by atoms with Crippen LogP contribution in [0.15, 0.2) is 17.4 Å². The fourth-order valence-electron chi connectivity index (χ4n) is 4.32. The van der Waals surface area contributed by atoms with Crippen molar-refractivity contribution in [1.29, 1.82) is 0 Å². The van der Waals surface area contributed by atoms with Crippen molar-refractivity contribution in [3.05, 3.63) is 12.3 Å². The van der Waals surface area contributed by atoms with Crippen LogP contribution in [0.25, 0.3) is 0 Å². The van der Waals surface area contributed by atoms with E-state index in [0.29, 0.717) is 5.92 Å². The molecule has 2 aliphatic rings. The van der Waals surface area contributed by atoms with Gasteiger partial charge in [-0.1, -0.05) is 50.2 Å². The first kappa shape index (κ1) is 14.8. The number of rotatable bonds is 4. The van der Waals surface area contributed by atoms with Gasteiger partial charge in [-0.2, -0.15) is 0 Å². The highest BCUT2D eigenvalue weighted by Gasteiger charge is 2.44. The number of hydrogen-bond acceptors (Lipinski definition) is 2. The van der Waals surface area contributed by atoms with Gasteiger partial charge in [0.25, 0.3) is 0 Å². The molecule has 1 N–H and O–H groups in total. The summed E-state index contributed by atoms with van der Waals surface area (Å²) in [6.07, 6.45) is 12.9. The van der Waals surface area contributed by atoms with Crippen LogP contribution in [0.2, 0.25) is 11.6 Å². The molecular weight excluding hydrogens is 250 g/mol. The second kappa shape index (κ2) is 6.73. The summed E-state index contributed by atoms with van der Waals surface area (Å²) < 4.78 is 0. The highest BCUT2D eigenvalue weighted by atomic mass is 28.3. The van der Waals surface area contributed by atoms with E-state index in [4.69, 9.17) is 0 Å². The fourth-order valence-corrected chi connectivity index (χ4v) is 6.85. The molecule has 108 valence electrons. The van der Waals surface area contributed by atoms with E-state index in [2.05, 4.69) is 24.0 Å². The predicted octanol–water partition coefficient (Wildman–Crippen LogP) is 4.68. The maximum Gasteiger partial charge on any atom is 0.0704 e. The molecule has 0 heterocycles. The van der Waals surface area contributed by atoms with Crippen molar-refractivity contribution in [2.24, 2.45) is 11.1 Å². The summed E-state index contributed by atoms with van der Waals surface area (Å²) >= 11 is 0. The first-order chi connectivity index (χ1) is 9.24. The molecule has 2 nitrogen and oxygen atoms in total. The van der Waals surface area contributed by atoms with Crippen LogP contribution in [0.1, 0.15) is 64.2 Å². The first-order valence-corrected chi connectivity index (χ1v) is 10.5. The van der Waals surface area contributed by atoms with Gasteiger partial charge in [-0.25, -0.2) is 0 Å². The Labute approximate surface area is 119 Å². The normalized spacial score (nSPS) is 26.9. The van der Waals surface area contributed by atoms with Gasteiger partial charge in [-0.05, 0) is 25.7 Å². The minimum atomic E-state index is -1.07. The molecule has 2 saturated carbocycles. The molecule has 19 heavy (non-hydrogen) atoms. The Balaban J connectivity index is 2.26. The Morgan fingerprint density at radius 3 is 2.26 bits per heavy atom. The fraction of sp³-hybridized carbons (Fsp3) is 0.812. The van der Waals surface area contributed by atoms with Crippen molar-refractivity contribution in [2.75, 3.05) is 0 Å². The quantitative estimate of drug-likeness (QED) is 0.344. The Kier molecular flexibility index (Phi) is 5.25. The smallest absolute Gasteiger partial charge is 0.0704 e. The lowest BCUT2D eigenvalue weighted by Gasteiger charge is -2.44. The van der Waals surface area contributed by atoms with Crippen LogP contribution in [0, 0.1) is 5.92 Å². The van der Waals surface area contributed by atoms with Crippen LogP contribution >= 0.6 is 0 Å². The molecule has 0 saturated heterocycles. The van der Waals surface area contributed by atoms with Crippen molar-refractivity contribution in [3.8, 4) is 0 Å². The second-order valence-electron chi connectivity index (χ2n) is 6.56. The Hall–Kier alpha value is -0.573. The summed E-state index contributed by atoms with van der Waals surface area (Å²) in [5.41, 5.74) is 3.38. The lowest BCUT2D eigenvalue weighted by atomic mass is 9.75. The summed E-state index contributed by atoms with van der Waals surface area (Å²) in [6.45, 7) is 6.46. The zero-order valence-electron chi connectivity index (χ0n) is 12.4. The maximum absolute atomic E-state index is 9.72. The standard InChI is InChI=1S/C16H29NOSi/c1-3-19(2)16(12-8-5-9-13-16)15(17-18)14-10-6-4-7-11-14/h3,14,18-19H,1,4-13H2,2H3. The van der Waals surface area contributed by atoms with Gasteiger partial charge in [-0.15, -0.1) is 12.3 Å². The van der Waals surface area contributed by atoms with Gasteiger partial charge in [0.15, 0.2) is 0 Å². The van der Waals surface area contributed by atoms with E-state index in [-0.39, 0.29) is 5.04 Å². The molecule has 0 aromatic rings. The highest BCUT2D eigenvalue weighted by Crippen LogP contribution is 2.50. The summed E-state index contributed by atoms with van der Waals surface area (Å²) in [4.78, 5) is 0. The zero-order valence-corrected chi connectivity index (χ0v) is 13.6. The Bertz CT molecular complexity index is 328. The van der Waals surface area contributed by atoms with Crippen molar-refractivity contribution < 1.29 is 5.21 Å². The van der Waals surface area contributed by atoms with Crippen molar-refractivity contribution in [1.82, 2.24) is 0 Å². The third kappa shape index (κ3) is 2.96. The van der Waals surface area contributed by atoms with Gasteiger partial charge >= 0.3 is 0 Å². The Morgan fingerprint density at radius 1 is 1.16 bits per heavy atom. The van der Waals surface area contributed by atoms with Crippen LogP contribution < -0.4 is 0 Å². The number of nitrogens with zero attached hydrogens (tertiary/aromatic N) is 1. The number of oxime groups is 1. The summed E-state index contributed by atoms with van der Waals surface area (Å²) in [7, 11) is -1.07. The van der Waals surface area contributed by atoms with E-state index in [1.165, 1.54) is 69.9 Å². The molecule has 0 radical (unpaired) electrons. The summed E-state index contributed by atoms with van der Waals surface area (Å²) in [5, 5.41) is 13.8. The first-order valence-electron chi connectivity index (χ1n) is 8.09. The molecule has 2 aliphatic carbocycles. The van der Waals surface area contributed by atoms with Crippen LogP contribution in [0.5, 0.6) is 0 Å². The molecule has 3 heteroatoms. The molecule has 2 rings (SSSR count). The third-order valence-electron chi connectivity index (χ3n) is 5.58. The monoisotopic (exact) mass is 279 g/mol. The number of hydrogen-bond donors (Lipinski definition) is 1. The predicted molar refractivity (Wildman–Crippen MR) is 84.8 cm³/mol. The van der Waals surface area contributed by atoms with E-state index in [0.717, 1.165) is 0 Å². The van der Waals surface area contributed by atoms with E-state index in [1.807, 2.05) is 0 Å². The topological polar surface area (TPSA) is 32.6 Å². The van der Waals surface area contributed by atoms with Crippen LogP contribution in [-0.4, -0.2) is 19.7 Å². The van der Waals surface area contributed by atoms with Gasteiger partial charge in [0.05, 0.1) is 14.5 Å². The molecular formula is C16H29NOSi. The molecule has 0 aliphatic heterocycles. The average molecular weight is 279 g/mol. The minimum absolute atomic E-state index is 0.233. The van der Waals surface area contributed by atoms with Crippen molar-refractivity contribution in [3.63, 3.8) is 0 Å².